The van der Waals surface area contributed by atoms with Crippen LogP contribution in [0.2, 0.25) is 0 Å². The molecule has 2 N–H and O–H groups in total. The monoisotopic (exact) mass is 188 g/mol. The highest BCUT2D eigenvalue weighted by Crippen LogP contribution is 2.09. The molecule has 0 aliphatic carbocycles. The summed E-state index contributed by atoms with van der Waals surface area (Å²) in [5, 5.41) is 0. The predicted molar refractivity (Wildman–Crippen MR) is 49.9 cm³/mol. The maximum atomic E-state index is 11.1. The quantitative estimate of drug-likeness (QED) is 0.739. The maximum Gasteiger partial charge on any atom is 0.252 e. The molecule has 0 fully saturated rings. The van der Waals surface area contributed by atoms with E-state index < -0.39 is 5.91 Å². The van der Waals surface area contributed by atoms with Crippen molar-refractivity contribution in [2.24, 2.45) is 5.73 Å². The average molecular weight is 188 g/mol. The molecule has 0 aliphatic heterocycles. The summed E-state index contributed by atoms with van der Waals surface area (Å²) in [6, 6.07) is 3.30. The van der Waals surface area contributed by atoms with E-state index in [0.717, 1.165) is 0 Å². The molecule has 0 bridgehead atoms. The third-order valence-electron chi connectivity index (χ3n) is 1.80. The Morgan fingerprint density at radius 1 is 1.43 bits per heavy atom. The molecule has 0 saturated heterocycles. The summed E-state index contributed by atoms with van der Waals surface area (Å²) in [6.45, 7) is 0. The van der Waals surface area contributed by atoms with Crippen LogP contribution in [0.1, 0.15) is 10.4 Å². The highest BCUT2D eigenvalue weighted by Gasteiger charge is 2.09. The van der Waals surface area contributed by atoms with E-state index in [-0.39, 0.29) is 0 Å². The van der Waals surface area contributed by atoms with Crippen molar-refractivity contribution in [3.05, 3.63) is 42.6 Å². The molecule has 0 saturated carbocycles. The summed E-state index contributed by atoms with van der Waals surface area (Å²) < 4.78 is 1.64. The van der Waals surface area contributed by atoms with Gasteiger partial charge in [-0.3, -0.25) is 9.36 Å². The Labute approximate surface area is 80.2 Å². The summed E-state index contributed by atoms with van der Waals surface area (Å²) in [5.74, 6) is -0.000648. The zero-order valence-electron chi connectivity index (χ0n) is 7.29. The number of carbonyl (C=O) groups excluding carboxylic acids is 1. The number of hydrogen-bond acceptors (Lipinski definition) is 3. The first-order valence-corrected chi connectivity index (χ1v) is 4.02. The number of imidazole rings is 1. The Balaban J connectivity index is 2.58. The van der Waals surface area contributed by atoms with Gasteiger partial charge in [0, 0.05) is 18.6 Å². The highest BCUT2D eigenvalue weighted by molar-refractivity contribution is 5.95. The summed E-state index contributed by atoms with van der Waals surface area (Å²) in [6.07, 6.45) is 6.48. The number of primary amides is 1. The molecule has 5 nitrogen and oxygen atoms in total. The predicted octanol–water partition coefficient (Wildman–Crippen LogP) is 0.366. The molecule has 2 heterocycles. The summed E-state index contributed by atoms with van der Waals surface area (Å²) in [5.41, 5.74) is 5.59. The number of nitrogens with two attached hydrogens (primary N) is 1. The fourth-order valence-corrected chi connectivity index (χ4v) is 1.18. The molecular formula is C9H8N4O. The lowest BCUT2D eigenvalue weighted by Crippen LogP contribution is -2.15. The van der Waals surface area contributed by atoms with Crippen LogP contribution in [0.25, 0.3) is 5.82 Å². The van der Waals surface area contributed by atoms with Crippen molar-refractivity contribution in [2.75, 3.05) is 0 Å². The minimum Gasteiger partial charge on any atom is -0.365 e. The molecule has 0 aliphatic rings. The largest absolute Gasteiger partial charge is 0.365 e. The van der Waals surface area contributed by atoms with Crippen LogP contribution >= 0.6 is 0 Å². The van der Waals surface area contributed by atoms with Crippen LogP contribution in [0.3, 0.4) is 0 Å². The van der Waals surface area contributed by atoms with Gasteiger partial charge in [-0.25, -0.2) is 9.97 Å². The van der Waals surface area contributed by atoms with E-state index in [2.05, 4.69) is 9.97 Å². The van der Waals surface area contributed by atoms with Gasteiger partial charge in [0.1, 0.15) is 6.33 Å². The van der Waals surface area contributed by atoms with Gasteiger partial charge in [-0.1, -0.05) is 0 Å². The fourth-order valence-electron chi connectivity index (χ4n) is 1.18. The van der Waals surface area contributed by atoms with Crippen LogP contribution in [0.4, 0.5) is 0 Å². The first-order valence-electron chi connectivity index (χ1n) is 4.02. The van der Waals surface area contributed by atoms with Gasteiger partial charge in [0.15, 0.2) is 5.82 Å². The van der Waals surface area contributed by atoms with Gasteiger partial charge in [0.05, 0.1) is 5.56 Å². The number of rotatable bonds is 2. The van der Waals surface area contributed by atoms with Gasteiger partial charge in [0.25, 0.3) is 5.91 Å². The number of amides is 1. The third-order valence-corrected chi connectivity index (χ3v) is 1.80. The van der Waals surface area contributed by atoms with Gasteiger partial charge in [0.2, 0.25) is 0 Å². The molecular weight excluding hydrogens is 180 g/mol. The van der Waals surface area contributed by atoms with Crippen LogP contribution in [-0.4, -0.2) is 20.4 Å². The van der Waals surface area contributed by atoms with E-state index in [1.807, 2.05) is 0 Å². The van der Waals surface area contributed by atoms with Crippen molar-refractivity contribution in [2.45, 2.75) is 0 Å². The topological polar surface area (TPSA) is 73.8 Å². The molecule has 0 aromatic carbocycles. The molecule has 2 aromatic rings. The van der Waals surface area contributed by atoms with E-state index in [1.54, 1.807) is 41.6 Å². The van der Waals surface area contributed by atoms with Gasteiger partial charge >= 0.3 is 0 Å². The van der Waals surface area contributed by atoms with Gasteiger partial charge in [-0.05, 0) is 12.1 Å². The molecule has 70 valence electrons. The molecule has 0 spiro atoms. The number of aromatic nitrogens is 3. The lowest BCUT2D eigenvalue weighted by Gasteiger charge is -2.04. The Morgan fingerprint density at radius 3 is 2.93 bits per heavy atom. The molecule has 5 heteroatoms. The molecule has 0 atom stereocenters. The summed E-state index contributed by atoms with van der Waals surface area (Å²) >= 11 is 0. The van der Waals surface area contributed by atoms with Crippen molar-refractivity contribution in [3.8, 4) is 5.82 Å². The third kappa shape index (κ3) is 1.35. The van der Waals surface area contributed by atoms with Crippen LogP contribution in [0, 0.1) is 0 Å². The van der Waals surface area contributed by atoms with Crippen LogP contribution in [0.5, 0.6) is 0 Å². The van der Waals surface area contributed by atoms with E-state index >= 15 is 0 Å². The van der Waals surface area contributed by atoms with Crippen LogP contribution in [-0.2, 0) is 0 Å². The van der Waals surface area contributed by atoms with Crippen molar-refractivity contribution >= 4 is 5.91 Å². The zero-order valence-corrected chi connectivity index (χ0v) is 7.29. The highest BCUT2D eigenvalue weighted by atomic mass is 16.1. The molecule has 0 unspecified atom stereocenters. The number of nitrogens with zero attached hydrogens (tertiary/aromatic N) is 3. The van der Waals surface area contributed by atoms with Crippen molar-refractivity contribution < 1.29 is 4.79 Å². The first kappa shape index (κ1) is 8.43. The van der Waals surface area contributed by atoms with E-state index in [9.17, 15) is 4.79 Å². The minimum absolute atomic E-state index is 0.380. The van der Waals surface area contributed by atoms with E-state index in [0.29, 0.717) is 11.4 Å². The van der Waals surface area contributed by atoms with Gasteiger partial charge < -0.3 is 5.73 Å². The number of carbonyl (C=O) groups is 1. The van der Waals surface area contributed by atoms with Crippen molar-refractivity contribution in [1.29, 1.82) is 0 Å². The summed E-state index contributed by atoms with van der Waals surface area (Å²) in [4.78, 5) is 19.0. The van der Waals surface area contributed by atoms with Crippen molar-refractivity contribution in [3.63, 3.8) is 0 Å². The zero-order chi connectivity index (χ0) is 9.97. The van der Waals surface area contributed by atoms with Crippen molar-refractivity contribution in [1.82, 2.24) is 14.5 Å². The second-order valence-electron chi connectivity index (χ2n) is 2.71. The van der Waals surface area contributed by atoms with E-state index in [1.165, 1.54) is 0 Å². The second kappa shape index (κ2) is 3.29. The number of pyridine rings is 1. The maximum absolute atomic E-state index is 11.1. The van der Waals surface area contributed by atoms with E-state index in [4.69, 9.17) is 5.73 Å². The molecule has 0 radical (unpaired) electrons. The Hall–Kier alpha value is -2.17. The smallest absolute Gasteiger partial charge is 0.252 e. The minimum atomic E-state index is -0.498. The molecule has 1 amide bonds. The second-order valence-corrected chi connectivity index (χ2v) is 2.71. The van der Waals surface area contributed by atoms with Crippen LogP contribution < -0.4 is 5.73 Å². The number of hydrogen-bond donors (Lipinski definition) is 1. The Morgan fingerprint density at radius 2 is 2.29 bits per heavy atom. The SMILES string of the molecule is NC(=O)c1cccnc1-n1ccnc1. The Bertz CT molecular complexity index is 450. The standard InChI is InChI=1S/C9H8N4O/c10-8(14)7-2-1-3-12-9(7)13-5-4-11-6-13/h1-6H,(H2,10,14). The first-order chi connectivity index (χ1) is 6.79. The Kier molecular flexibility index (Phi) is 1.98. The molecule has 2 rings (SSSR count). The lowest BCUT2D eigenvalue weighted by atomic mass is 10.2. The lowest BCUT2D eigenvalue weighted by molar-refractivity contribution is 0.1000. The molecule has 2 aromatic heterocycles. The fraction of sp³-hybridized carbons (Fsp3) is 0. The van der Waals surface area contributed by atoms with Gasteiger partial charge in [-0.2, -0.15) is 0 Å². The van der Waals surface area contributed by atoms with Gasteiger partial charge in [-0.15, -0.1) is 0 Å². The van der Waals surface area contributed by atoms with Crippen LogP contribution in [0.15, 0.2) is 37.1 Å². The molecule has 14 heavy (non-hydrogen) atoms. The normalized spacial score (nSPS) is 10.0. The summed E-state index contributed by atoms with van der Waals surface area (Å²) in [7, 11) is 0. The average Bonchev–Trinajstić information content (AvgIpc) is 2.70.